The largest absolute Gasteiger partial charge is 0.493 e. The number of hydrogen-bond acceptors (Lipinski definition) is 5. The van der Waals surface area contributed by atoms with Crippen LogP contribution < -0.4 is 14.4 Å². The lowest BCUT2D eigenvalue weighted by Crippen LogP contribution is -2.47. The van der Waals surface area contributed by atoms with E-state index in [1.54, 1.807) is 36.1 Å². The van der Waals surface area contributed by atoms with Crippen LogP contribution in [-0.4, -0.2) is 61.2 Å². The van der Waals surface area contributed by atoms with Crippen molar-refractivity contribution in [2.45, 2.75) is 37.7 Å². The lowest BCUT2D eigenvalue weighted by molar-refractivity contribution is 0.0527. The summed E-state index contributed by atoms with van der Waals surface area (Å²) < 4.78 is 11.3. The molecule has 2 heterocycles. The normalized spacial score (nSPS) is 23.4. The fourth-order valence-electron chi connectivity index (χ4n) is 3.51. The highest BCUT2D eigenvalue weighted by atomic mass is 31.0. The molecule has 4 atom stereocenters. The van der Waals surface area contributed by atoms with Crippen LogP contribution in [0.2, 0.25) is 0 Å². The number of carbonyl (C=O) groups excluding carboxylic acids is 1. The molecule has 1 fully saturated rings. The zero-order valence-corrected chi connectivity index (χ0v) is 16.7. The van der Waals surface area contributed by atoms with Gasteiger partial charge < -0.3 is 24.4 Å². The van der Waals surface area contributed by atoms with E-state index < -0.39 is 6.23 Å². The van der Waals surface area contributed by atoms with Crippen LogP contribution in [0.25, 0.3) is 0 Å². The molecule has 7 heteroatoms. The second-order valence-corrected chi connectivity index (χ2v) is 8.25. The number of anilines is 1. The minimum Gasteiger partial charge on any atom is -0.493 e. The highest BCUT2D eigenvalue weighted by Gasteiger charge is 2.42. The molecule has 0 saturated carbocycles. The first kappa shape index (κ1) is 19.0. The maximum Gasteiger partial charge on any atom is 0.256 e. The van der Waals surface area contributed by atoms with Gasteiger partial charge in [-0.25, -0.2) is 0 Å². The first-order valence-corrected chi connectivity index (χ1v) is 9.49. The Morgan fingerprint density at radius 2 is 2.15 bits per heavy atom. The highest BCUT2D eigenvalue weighted by Crippen LogP contribution is 2.40. The van der Waals surface area contributed by atoms with Gasteiger partial charge in [-0.2, -0.15) is 0 Å². The summed E-state index contributed by atoms with van der Waals surface area (Å²) in [4.78, 5) is 16.5. The molecule has 1 aromatic rings. The molecule has 6 nitrogen and oxygen atoms in total. The summed E-state index contributed by atoms with van der Waals surface area (Å²) >= 11 is 0. The van der Waals surface area contributed by atoms with Gasteiger partial charge in [-0.15, -0.1) is 9.24 Å². The predicted molar refractivity (Wildman–Crippen MR) is 105 cm³/mol. The van der Waals surface area contributed by atoms with Crippen molar-refractivity contribution >= 4 is 20.8 Å². The number of amides is 1. The molecule has 3 rings (SSSR count). The van der Waals surface area contributed by atoms with Gasteiger partial charge in [-0.3, -0.25) is 4.79 Å². The molecule has 0 radical (unpaired) electrons. The summed E-state index contributed by atoms with van der Waals surface area (Å²) in [6.45, 7) is 7.11. The van der Waals surface area contributed by atoms with Crippen LogP contribution in [0, 0.1) is 0 Å². The molecule has 142 valence electrons. The molecule has 0 bridgehead atoms. The van der Waals surface area contributed by atoms with Crippen LogP contribution in [-0.2, 0) is 0 Å². The third-order valence-corrected chi connectivity index (χ3v) is 5.35. The van der Waals surface area contributed by atoms with Crippen molar-refractivity contribution in [2.24, 2.45) is 0 Å². The van der Waals surface area contributed by atoms with Crippen LogP contribution in [0.5, 0.6) is 11.5 Å². The first-order valence-electron chi connectivity index (χ1n) is 8.82. The molecule has 1 aromatic carbocycles. The summed E-state index contributed by atoms with van der Waals surface area (Å²) in [7, 11) is 6.10. The molecule has 1 saturated heterocycles. The van der Waals surface area contributed by atoms with E-state index in [4.69, 9.17) is 9.47 Å². The summed E-state index contributed by atoms with van der Waals surface area (Å²) in [6, 6.07) is 3.21. The molecular formula is C19H27N2O4P. The maximum absolute atomic E-state index is 13.1. The van der Waals surface area contributed by atoms with E-state index in [2.05, 4.69) is 22.7 Å². The number of aliphatic hydroxyl groups is 1. The van der Waals surface area contributed by atoms with Gasteiger partial charge in [0.15, 0.2) is 11.5 Å². The summed E-state index contributed by atoms with van der Waals surface area (Å²) in [5, 5.41) is 10.8. The second-order valence-electron chi connectivity index (χ2n) is 7.11. The molecule has 0 aromatic heterocycles. The number of carbonyl (C=O) groups is 1. The van der Waals surface area contributed by atoms with Gasteiger partial charge in [0.2, 0.25) is 0 Å². The zero-order chi connectivity index (χ0) is 19.0. The number of nitrogens with zero attached hydrogens (tertiary/aromatic N) is 2. The van der Waals surface area contributed by atoms with E-state index in [0.717, 1.165) is 12.0 Å². The number of aliphatic hydroxyl groups excluding tert-OH is 1. The Kier molecular flexibility index (Phi) is 5.44. The maximum atomic E-state index is 13.1. The van der Waals surface area contributed by atoms with Gasteiger partial charge in [0.05, 0.1) is 31.0 Å². The number of fused-ring (bicyclic) bond motifs is 2. The number of hydrogen-bond donors (Lipinski definition) is 1. The van der Waals surface area contributed by atoms with Gasteiger partial charge in [-0.1, -0.05) is 19.1 Å². The summed E-state index contributed by atoms with van der Waals surface area (Å²) in [5.74, 6) is 0.985. The van der Waals surface area contributed by atoms with Crippen LogP contribution in [0.15, 0.2) is 24.3 Å². The average molecular weight is 378 g/mol. The minimum atomic E-state index is -0.798. The molecular weight excluding hydrogens is 351 g/mol. The van der Waals surface area contributed by atoms with Gasteiger partial charge >= 0.3 is 0 Å². The fraction of sp³-hybridized carbons (Fsp3) is 0.526. The van der Waals surface area contributed by atoms with Crippen LogP contribution >= 0.6 is 9.24 Å². The molecule has 2 aliphatic rings. The predicted octanol–water partition coefficient (Wildman–Crippen LogP) is 2.27. The van der Waals surface area contributed by atoms with E-state index in [-0.39, 0.29) is 11.9 Å². The first-order chi connectivity index (χ1) is 12.3. The Balaban J connectivity index is 1.99. The van der Waals surface area contributed by atoms with Crippen LogP contribution in [0.3, 0.4) is 0 Å². The smallest absolute Gasteiger partial charge is 0.256 e. The Morgan fingerprint density at radius 3 is 2.81 bits per heavy atom. The third-order valence-electron chi connectivity index (χ3n) is 5.02. The summed E-state index contributed by atoms with van der Waals surface area (Å²) in [5.41, 5.74) is 2.57. The van der Waals surface area contributed by atoms with Crippen molar-refractivity contribution < 1.29 is 19.4 Å². The SMILES string of the molecule is C=C1C[C@H]2[C@H](O)N(C)c3cc(OCCC(C)P)c(OC)cc3C(=O)N2C1. The number of rotatable bonds is 5. The standard InChI is InChI=1S/C19H27N2O4P/c1-11-7-15-19(23)20(3)14-9-17(25-6-5-12(2)26)16(24-4)8-13(14)18(22)21(15)10-11/h8-9,12,15,19,23H,1,5-7,10,26H2,2-4H3/t12?,15-,19-/m0/s1. The summed E-state index contributed by atoms with van der Waals surface area (Å²) in [6.07, 6.45) is 0.700. The van der Waals surface area contributed by atoms with E-state index >= 15 is 0 Å². The lowest BCUT2D eigenvalue weighted by atomic mass is 10.1. The zero-order valence-electron chi connectivity index (χ0n) is 15.6. The van der Waals surface area contributed by atoms with Gasteiger partial charge in [-0.05, 0) is 24.6 Å². The van der Waals surface area contributed by atoms with E-state index in [0.29, 0.717) is 48.0 Å². The molecule has 2 unspecified atom stereocenters. The molecule has 26 heavy (non-hydrogen) atoms. The quantitative estimate of drug-likeness (QED) is 0.629. The van der Waals surface area contributed by atoms with Gasteiger partial charge in [0.25, 0.3) is 5.91 Å². The number of benzene rings is 1. The van der Waals surface area contributed by atoms with Crippen molar-refractivity contribution in [1.82, 2.24) is 4.90 Å². The van der Waals surface area contributed by atoms with Crippen molar-refractivity contribution in [3.63, 3.8) is 0 Å². The molecule has 0 spiro atoms. The van der Waals surface area contributed by atoms with Crippen molar-refractivity contribution in [1.29, 1.82) is 0 Å². The Labute approximate surface area is 157 Å². The van der Waals surface area contributed by atoms with E-state index in [1.165, 1.54) is 0 Å². The fourth-order valence-corrected chi connectivity index (χ4v) is 3.65. The van der Waals surface area contributed by atoms with Crippen molar-refractivity contribution in [3.8, 4) is 11.5 Å². The van der Waals surface area contributed by atoms with Crippen molar-refractivity contribution in [2.75, 3.05) is 32.2 Å². The average Bonchev–Trinajstić information content (AvgIpc) is 2.98. The molecule has 2 aliphatic heterocycles. The molecule has 1 N–H and O–H groups in total. The van der Waals surface area contributed by atoms with Gasteiger partial charge in [0, 0.05) is 19.7 Å². The van der Waals surface area contributed by atoms with E-state index in [1.807, 2.05) is 0 Å². The Morgan fingerprint density at radius 1 is 1.42 bits per heavy atom. The lowest BCUT2D eigenvalue weighted by Gasteiger charge is -2.30. The van der Waals surface area contributed by atoms with E-state index in [9.17, 15) is 9.90 Å². The second kappa shape index (κ2) is 7.45. The molecule has 1 amide bonds. The van der Waals surface area contributed by atoms with Gasteiger partial charge in [0.1, 0.15) is 6.23 Å². The topological polar surface area (TPSA) is 62.2 Å². The van der Waals surface area contributed by atoms with Crippen molar-refractivity contribution in [3.05, 3.63) is 29.8 Å². The number of ether oxygens (including phenoxy) is 2. The van der Waals surface area contributed by atoms with Crippen LogP contribution in [0.1, 0.15) is 30.1 Å². The highest BCUT2D eigenvalue weighted by molar-refractivity contribution is 7.17. The third kappa shape index (κ3) is 3.40. The van der Waals surface area contributed by atoms with Crippen LogP contribution in [0.4, 0.5) is 5.69 Å². The Bertz CT molecular complexity index is 722. The Hall–Kier alpha value is -1.78. The number of likely N-dealkylation sites (N-methyl/N-ethyl adjacent to an activating group) is 1. The monoisotopic (exact) mass is 378 g/mol. The minimum absolute atomic E-state index is 0.115. The number of methoxy groups -OCH3 is 1. The molecule has 0 aliphatic carbocycles.